The molecular weight excluding hydrogens is 216 g/mol. The molecule has 0 aliphatic heterocycles. The second-order valence-corrected chi connectivity index (χ2v) is 7.20. The molecule has 0 aromatic rings. The predicted molar refractivity (Wildman–Crippen MR) is 64.6 cm³/mol. The Balaban J connectivity index is 3.67. The first kappa shape index (κ1) is 14.0. The third-order valence-electron chi connectivity index (χ3n) is 1.58. The van der Waals surface area contributed by atoms with E-state index in [1.807, 2.05) is 27.7 Å². The van der Waals surface area contributed by atoms with E-state index < -0.39 is 0 Å². The van der Waals surface area contributed by atoms with Gasteiger partial charge in [0.15, 0.2) is 0 Å². The number of aldehydes is 2. The standard InChI is InChI=1S/C10H18O2S2/c1-9(2,5-11)7-13-14-8-10(3,4)6-12/h5-6H,7-8H2,1-4H3. The highest BCUT2D eigenvalue weighted by atomic mass is 33.1. The van der Waals surface area contributed by atoms with Crippen molar-refractivity contribution in [3.05, 3.63) is 0 Å². The van der Waals surface area contributed by atoms with Crippen LogP contribution in [0.15, 0.2) is 0 Å². The van der Waals surface area contributed by atoms with Crippen molar-refractivity contribution in [1.82, 2.24) is 0 Å². The van der Waals surface area contributed by atoms with E-state index in [4.69, 9.17) is 0 Å². The molecule has 0 unspecified atom stereocenters. The summed E-state index contributed by atoms with van der Waals surface area (Å²) in [6.07, 6.45) is 1.96. The lowest BCUT2D eigenvalue weighted by molar-refractivity contribution is -0.114. The first-order valence-electron chi connectivity index (χ1n) is 4.50. The topological polar surface area (TPSA) is 34.1 Å². The van der Waals surface area contributed by atoms with Gasteiger partial charge in [0, 0.05) is 22.3 Å². The van der Waals surface area contributed by atoms with Gasteiger partial charge in [-0.1, -0.05) is 49.3 Å². The van der Waals surface area contributed by atoms with Gasteiger partial charge < -0.3 is 9.59 Å². The Bertz CT molecular complexity index is 178. The molecule has 0 aliphatic rings. The predicted octanol–water partition coefficient (Wildman–Crippen LogP) is 2.82. The quantitative estimate of drug-likeness (QED) is 0.385. The van der Waals surface area contributed by atoms with Gasteiger partial charge in [0.05, 0.1) is 0 Å². The Kier molecular flexibility index (Phi) is 5.83. The van der Waals surface area contributed by atoms with E-state index in [0.717, 1.165) is 24.1 Å². The minimum absolute atomic E-state index is 0.261. The van der Waals surface area contributed by atoms with Crippen LogP contribution in [-0.2, 0) is 9.59 Å². The number of carbonyl (C=O) groups excluding carboxylic acids is 2. The van der Waals surface area contributed by atoms with Crippen molar-refractivity contribution in [2.75, 3.05) is 11.5 Å². The molecule has 0 saturated heterocycles. The first-order chi connectivity index (χ1) is 6.33. The zero-order valence-corrected chi connectivity index (χ0v) is 10.8. The average molecular weight is 234 g/mol. The van der Waals surface area contributed by atoms with Crippen LogP contribution in [0.25, 0.3) is 0 Å². The van der Waals surface area contributed by atoms with Crippen LogP contribution in [0.1, 0.15) is 27.7 Å². The molecule has 2 nitrogen and oxygen atoms in total. The van der Waals surface area contributed by atoms with Crippen molar-refractivity contribution in [2.45, 2.75) is 27.7 Å². The Morgan fingerprint density at radius 2 is 1.14 bits per heavy atom. The van der Waals surface area contributed by atoms with Crippen molar-refractivity contribution in [1.29, 1.82) is 0 Å². The number of hydrogen-bond donors (Lipinski definition) is 0. The highest BCUT2D eigenvalue weighted by Gasteiger charge is 2.19. The van der Waals surface area contributed by atoms with Gasteiger partial charge in [-0.05, 0) is 0 Å². The smallest absolute Gasteiger partial charge is 0.126 e. The SMILES string of the molecule is CC(C)(C=O)CSSCC(C)(C)C=O. The first-order valence-corrected chi connectivity index (χ1v) is 6.99. The molecule has 4 heteroatoms. The third-order valence-corrected chi connectivity index (χ3v) is 4.68. The molecule has 0 bridgehead atoms. The van der Waals surface area contributed by atoms with Crippen molar-refractivity contribution in [2.24, 2.45) is 10.8 Å². The number of rotatable bonds is 7. The molecule has 0 radical (unpaired) electrons. The monoisotopic (exact) mass is 234 g/mol. The van der Waals surface area contributed by atoms with E-state index in [9.17, 15) is 9.59 Å². The highest BCUT2D eigenvalue weighted by molar-refractivity contribution is 8.76. The van der Waals surface area contributed by atoms with Crippen molar-refractivity contribution in [3.8, 4) is 0 Å². The Hall–Kier alpha value is 0.0400. The van der Waals surface area contributed by atoms with E-state index in [1.54, 1.807) is 21.6 Å². The van der Waals surface area contributed by atoms with E-state index in [2.05, 4.69) is 0 Å². The van der Waals surface area contributed by atoms with Crippen LogP contribution in [0.5, 0.6) is 0 Å². The minimum Gasteiger partial charge on any atom is -0.303 e. The zero-order valence-electron chi connectivity index (χ0n) is 9.20. The Labute approximate surface area is 94.0 Å². The molecule has 0 fully saturated rings. The molecule has 0 heterocycles. The van der Waals surface area contributed by atoms with Crippen LogP contribution in [0.2, 0.25) is 0 Å². The van der Waals surface area contributed by atoms with Gasteiger partial charge in [-0.3, -0.25) is 0 Å². The molecule has 0 saturated carbocycles. The van der Waals surface area contributed by atoms with Gasteiger partial charge in [0.1, 0.15) is 12.6 Å². The molecule has 14 heavy (non-hydrogen) atoms. The fourth-order valence-electron chi connectivity index (χ4n) is 0.455. The number of hydrogen-bond acceptors (Lipinski definition) is 4. The molecule has 0 aliphatic carbocycles. The minimum atomic E-state index is -0.261. The summed E-state index contributed by atoms with van der Waals surface area (Å²) in [6.45, 7) is 7.66. The van der Waals surface area contributed by atoms with Gasteiger partial charge in [-0.15, -0.1) is 0 Å². The van der Waals surface area contributed by atoms with E-state index in [0.29, 0.717) is 0 Å². The van der Waals surface area contributed by atoms with Crippen molar-refractivity contribution in [3.63, 3.8) is 0 Å². The lowest BCUT2D eigenvalue weighted by Crippen LogP contribution is -2.17. The fraction of sp³-hybridized carbons (Fsp3) is 0.800. The highest BCUT2D eigenvalue weighted by Crippen LogP contribution is 2.32. The van der Waals surface area contributed by atoms with Crippen molar-refractivity contribution >= 4 is 34.2 Å². The fourth-order valence-corrected chi connectivity index (χ4v) is 3.69. The normalized spacial score (nSPS) is 12.6. The maximum Gasteiger partial charge on any atom is 0.126 e. The van der Waals surface area contributed by atoms with Gasteiger partial charge in [-0.25, -0.2) is 0 Å². The molecule has 0 rings (SSSR count). The lowest BCUT2D eigenvalue weighted by atomic mass is 10.00. The van der Waals surface area contributed by atoms with Crippen LogP contribution in [0, 0.1) is 10.8 Å². The van der Waals surface area contributed by atoms with E-state index in [1.165, 1.54) is 0 Å². The second kappa shape index (κ2) is 5.81. The number of carbonyl (C=O) groups is 2. The summed E-state index contributed by atoms with van der Waals surface area (Å²) in [7, 11) is 3.31. The second-order valence-electron chi connectivity index (χ2n) is 4.74. The van der Waals surface area contributed by atoms with Crippen molar-refractivity contribution < 1.29 is 9.59 Å². The summed E-state index contributed by atoms with van der Waals surface area (Å²) in [5.41, 5.74) is -0.522. The maximum absolute atomic E-state index is 10.6. The van der Waals surface area contributed by atoms with Crippen LogP contribution in [0.3, 0.4) is 0 Å². The zero-order chi connectivity index (χ0) is 11.2. The molecule has 0 amide bonds. The molecular formula is C10H18O2S2. The molecule has 82 valence electrons. The summed E-state index contributed by atoms with van der Waals surface area (Å²) >= 11 is 0. The van der Waals surface area contributed by atoms with Crippen LogP contribution >= 0.6 is 21.6 Å². The lowest BCUT2D eigenvalue weighted by Gasteiger charge is -2.18. The van der Waals surface area contributed by atoms with Gasteiger partial charge in [0.25, 0.3) is 0 Å². The molecule has 0 N–H and O–H groups in total. The van der Waals surface area contributed by atoms with Gasteiger partial charge >= 0.3 is 0 Å². The van der Waals surface area contributed by atoms with Crippen LogP contribution < -0.4 is 0 Å². The maximum atomic E-state index is 10.6. The summed E-state index contributed by atoms with van der Waals surface area (Å²) in [6, 6.07) is 0. The summed E-state index contributed by atoms with van der Waals surface area (Å²) in [4.78, 5) is 21.2. The van der Waals surface area contributed by atoms with Gasteiger partial charge in [-0.2, -0.15) is 0 Å². The molecule has 0 aromatic carbocycles. The largest absolute Gasteiger partial charge is 0.303 e. The van der Waals surface area contributed by atoms with Crippen LogP contribution in [0.4, 0.5) is 0 Å². The molecule has 0 aromatic heterocycles. The Morgan fingerprint density at radius 1 is 0.857 bits per heavy atom. The summed E-state index contributed by atoms with van der Waals surface area (Å²) in [5.74, 6) is 1.58. The summed E-state index contributed by atoms with van der Waals surface area (Å²) < 4.78 is 0. The van der Waals surface area contributed by atoms with E-state index >= 15 is 0 Å². The molecule has 0 spiro atoms. The summed E-state index contributed by atoms with van der Waals surface area (Å²) in [5, 5.41) is 0. The average Bonchev–Trinajstić information content (AvgIpc) is 2.13. The van der Waals surface area contributed by atoms with Gasteiger partial charge in [0.2, 0.25) is 0 Å². The van der Waals surface area contributed by atoms with E-state index in [-0.39, 0.29) is 10.8 Å². The Morgan fingerprint density at radius 3 is 1.36 bits per heavy atom. The third kappa shape index (κ3) is 6.49. The van der Waals surface area contributed by atoms with Crippen LogP contribution in [-0.4, -0.2) is 24.1 Å². The molecule has 0 atom stereocenters.